The molecule has 0 saturated heterocycles. The van der Waals surface area contributed by atoms with E-state index in [-0.39, 0.29) is 11.8 Å². The van der Waals surface area contributed by atoms with Gasteiger partial charge in [-0.05, 0) is 43.7 Å². The van der Waals surface area contributed by atoms with Crippen LogP contribution in [0.15, 0.2) is 36.4 Å². The molecule has 1 aromatic carbocycles. The summed E-state index contributed by atoms with van der Waals surface area (Å²) in [6.07, 6.45) is 14.2. The number of carbonyl (C=O) groups excluding carboxylic acids is 2. The Morgan fingerprint density at radius 3 is 2.26 bits per heavy atom. The molecule has 2 amide bonds. The van der Waals surface area contributed by atoms with E-state index >= 15 is 0 Å². The molecule has 0 bridgehead atoms. The zero-order valence-electron chi connectivity index (χ0n) is 13.7. The van der Waals surface area contributed by atoms with Gasteiger partial charge in [-0.3, -0.25) is 14.5 Å². The summed E-state index contributed by atoms with van der Waals surface area (Å²) in [5.41, 5.74) is 1.12. The highest BCUT2D eigenvalue weighted by molar-refractivity contribution is 6.21. The fourth-order valence-corrected chi connectivity index (χ4v) is 3.62. The van der Waals surface area contributed by atoms with Crippen LogP contribution < -0.4 is 0 Å². The minimum Gasteiger partial charge on any atom is -0.274 e. The predicted octanol–water partition coefficient (Wildman–Crippen LogP) is 4.59. The van der Waals surface area contributed by atoms with Crippen molar-refractivity contribution in [1.29, 1.82) is 0 Å². The maximum absolute atomic E-state index is 12.2. The predicted molar refractivity (Wildman–Crippen MR) is 91.4 cm³/mol. The Balaban J connectivity index is 1.36. The molecule has 3 heteroatoms. The lowest BCUT2D eigenvalue weighted by Crippen LogP contribution is -2.30. The second-order valence-electron chi connectivity index (χ2n) is 6.66. The van der Waals surface area contributed by atoms with Crippen LogP contribution >= 0.6 is 0 Å². The molecule has 23 heavy (non-hydrogen) atoms. The van der Waals surface area contributed by atoms with Crippen LogP contribution in [0.25, 0.3) is 0 Å². The van der Waals surface area contributed by atoms with E-state index in [0.717, 1.165) is 18.8 Å². The van der Waals surface area contributed by atoms with E-state index < -0.39 is 0 Å². The van der Waals surface area contributed by atoms with Crippen molar-refractivity contribution in [3.8, 4) is 0 Å². The number of benzene rings is 1. The third-order valence-corrected chi connectivity index (χ3v) is 5.00. The lowest BCUT2D eigenvalue weighted by molar-refractivity contribution is 0.0651. The van der Waals surface area contributed by atoms with Crippen molar-refractivity contribution in [3.63, 3.8) is 0 Å². The van der Waals surface area contributed by atoms with E-state index in [1.807, 2.05) is 12.1 Å². The number of amides is 2. The molecule has 0 spiro atoms. The van der Waals surface area contributed by atoms with Crippen LogP contribution in [0.2, 0.25) is 0 Å². The Hall–Kier alpha value is -1.90. The number of hydrogen-bond donors (Lipinski definition) is 0. The summed E-state index contributed by atoms with van der Waals surface area (Å²) in [5.74, 6) is 0.621. The second-order valence-corrected chi connectivity index (χ2v) is 6.66. The number of allylic oxidation sites excluding steroid dienone is 2. The quantitative estimate of drug-likeness (QED) is 0.419. The highest BCUT2D eigenvalue weighted by atomic mass is 16.2. The number of nitrogens with zero attached hydrogens (tertiary/aromatic N) is 1. The number of hydrogen-bond acceptors (Lipinski definition) is 2. The third-order valence-electron chi connectivity index (χ3n) is 5.00. The summed E-state index contributed by atoms with van der Waals surface area (Å²) in [7, 11) is 0. The SMILES string of the molecule is O=C1c2ccccc2C(=O)N1CCCCCCC1CC=CCC1. The van der Waals surface area contributed by atoms with E-state index in [0.29, 0.717) is 17.7 Å². The van der Waals surface area contributed by atoms with Crippen LogP contribution in [-0.4, -0.2) is 23.3 Å². The number of fused-ring (bicyclic) bond motifs is 1. The molecular formula is C20H25NO2. The zero-order valence-corrected chi connectivity index (χ0v) is 13.7. The number of rotatable bonds is 7. The van der Waals surface area contributed by atoms with Crippen molar-refractivity contribution in [1.82, 2.24) is 4.90 Å². The van der Waals surface area contributed by atoms with E-state index in [1.165, 1.54) is 43.4 Å². The molecule has 3 rings (SSSR count). The largest absolute Gasteiger partial charge is 0.274 e. The van der Waals surface area contributed by atoms with Gasteiger partial charge in [0, 0.05) is 6.54 Å². The summed E-state index contributed by atoms with van der Waals surface area (Å²) in [4.78, 5) is 25.9. The summed E-state index contributed by atoms with van der Waals surface area (Å²) in [5, 5.41) is 0. The summed E-state index contributed by atoms with van der Waals surface area (Å²) in [6.45, 7) is 0.554. The molecule has 122 valence electrons. The minimum absolute atomic E-state index is 0.125. The zero-order chi connectivity index (χ0) is 16.1. The van der Waals surface area contributed by atoms with Gasteiger partial charge in [0.2, 0.25) is 0 Å². The molecule has 2 aliphatic rings. The number of carbonyl (C=O) groups is 2. The van der Waals surface area contributed by atoms with Crippen LogP contribution in [0.1, 0.15) is 72.1 Å². The average Bonchev–Trinajstić information content (AvgIpc) is 2.84. The smallest absolute Gasteiger partial charge is 0.261 e. The Morgan fingerprint density at radius 1 is 0.913 bits per heavy atom. The van der Waals surface area contributed by atoms with E-state index in [2.05, 4.69) is 12.2 Å². The standard InChI is InChI=1S/C20H25NO2/c22-19-17-13-7-8-14-18(17)20(23)21(19)15-9-2-1-4-10-16-11-5-3-6-12-16/h3,5,7-8,13-14,16H,1-2,4,6,9-12,15H2. The van der Waals surface area contributed by atoms with Crippen LogP contribution in [-0.2, 0) is 0 Å². The van der Waals surface area contributed by atoms with Crippen LogP contribution in [0.3, 0.4) is 0 Å². The first kappa shape index (κ1) is 16.0. The fourth-order valence-electron chi connectivity index (χ4n) is 3.62. The van der Waals surface area contributed by atoms with E-state index in [9.17, 15) is 9.59 Å². The van der Waals surface area contributed by atoms with Gasteiger partial charge in [0.05, 0.1) is 11.1 Å². The van der Waals surface area contributed by atoms with Crippen molar-refractivity contribution < 1.29 is 9.59 Å². The number of imide groups is 1. The highest BCUT2D eigenvalue weighted by Gasteiger charge is 2.34. The lowest BCUT2D eigenvalue weighted by Gasteiger charge is -2.17. The summed E-state index contributed by atoms with van der Waals surface area (Å²) >= 11 is 0. The minimum atomic E-state index is -0.125. The monoisotopic (exact) mass is 311 g/mol. The molecule has 1 unspecified atom stereocenters. The van der Waals surface area contributed by atoms with Gasteiger partial charge >= 0.3 is 0 Å². The van der Waals surface area contributed by atoms with Gasteiger partial charge < -0.3 is 0 Å². The van der Waals surface area contributed by atoms with Gasteiger partial charge in [-0.15, -0.1) is 0 Å². The molecule has 0 fully saturated rings. The lowest BCUT2D eigenvalue weighted by atomic mass is 9.89. The molecule has 3 nitrogen and oxygen atoms in total. The average molecular weight is 311 g/mol. The summed E-state index contributed by atoms with van der Waals surface area (Å²) < 4.78 is 0. The van der Waals surface area contributed by atoms with Gasteiger partial charge in [0.15, 0.2) is 0 Å². The van der Waals surface area contributed by atoms with Gasteiger partial charge in [-0.1, -0.05) is 50.0 Å². The second kappa shape index (κ2) is 7.58. The number of unbranched alkanes of at least 4 members (excludes halogenated alkanes) is 3. The van der Waals surface area contributed by atoms with Crippen LogP contribution in [0.4, 0.5) is 0 Å². The maximum atomic E-state index is 12.2. The fraction of sp³-hybridized carbons (Fsp3) is 0.500. The van der Waals surface area contributed by atoms with Gasteiger partial charge in [-0.25, -0.2) is 0 Å². The first-order valence-corrected chi connectivity index (χ1v) is 8.87. The van der Waals surface area contributed by atoms with Crippen molar-refractivity contribution >= 4 is 11.8 Å². The Bertz CT molecular complexity index is 570. The van der Waals surface area contributed by atoms with E-state index in [1.54, 1.807) is 12.1 Å². The van der Waals surface area contributed by atoms with Gasteiger partial charge in [-0.2, -0.15) is 0 Å². The highest BCUT2D eigenvalue weighted by Crippen LogP contribution is 2.25. The first-order chi connectivity index (χ1) is 11.3. The van der Waals surface area contributed by atoms with Crippen LogP contribution in [0, 0.1) is 5.92 Å². The van der Waals surface area contributed by atoms with Crippen molar-refractivity contribution in [2.24, 2.45) is 5.92 Å². The van der Waals surface area contributed by atoms with Gasteiger partial charge in [0.25, 0.3) is 11.8 Å². The molecule has 1 heterocycles. The molecule has 0 aromatic heterocycles. The maximum Gasteiger partial charge on any atom is 0.261 e. The van der Waals surface area contributed by atoms with Crippen molar-refractivity contribution in [2.75, 3.05) is 6.54 Å². The molecule has 0 N–H and O–H groups in total. The van der Waals surface area contributed by atoms with Crippen molar-refractivity contribution in [3.05, 3.63) is 47.5 Å². The Morgan fingerprint density at radius 2 is 1.61 bits per heavy atom. The van der Waals surface area contributed by atoms with E-state index in [4.69, 9.17) is 0 Å². The van der Waals surface area contributed by atoms with Crippen molar-refractivity contribution in [2.45, 2.75) is 51.4 Å². The normalized spacial score (nSPS) is 20.2. The Labute approximate surface area is 138 Å². The van der Waals surface area contributed by atoms with Gasteiger partial charge in [0.1, 0.15) is 0 Å². The van der Waals surface area contributed by atoms with Crippen LogP contribution in [0.5, 0.6) is 0 Å². The molecule has 0 radical (unpaired) electrons. The Kier molecular flexibility index (Phi) is 5.27. The molecule has 1 aliphatic carbocycles. The molecule has 0 saturated carbocycles. The topological polar surface area (TPSA) is 37.4 Å². The third kappa shape index (κ3) is 3.72. The summed E-state index contributed by atoms with van der Waals surface area (Å²) in [6, 6.07) is 7.12. The molecular weight excluding hydrogens is 286 g/mol. The molecule has 1 aromatic rings. The molecule has 1 aliphatic heterocycles. The molecule has 1 atom stereocenters. The first-order valence-electron chi connectivity index (χ1n) is 8.87.